The van der Waals surface area contributed by atoms with Gasteiger partial charge in [0.1, 0.15) is 0 Å². The van der Waals surface area contributed by atoms with E-state index in [9.17, 15) is 0 Å². The molecule has 10 aromatic carbocycles. The van der Waals surface area contributed by atoms with Gasteiger partial charge in [-0.25, -0.2) is 0 Å². The molecule has 4 aliphatic heterocycles. The van der Waals surface area contributed by atoms with E-state index >= 15 is 0 Å². The zero-order valence-electron chi connectivity index (χ0n) is 61.0. The fourth-order valence-electron chi connectivity index (χ4n) is 17.9. The molecule has 0 bridgehead atoms. The van der Waals surface area contributed by atoms with E-state index in [4.69, 9.17) is 19.9 Å². The topological polar surface area (TPSA) is 87.0 Å². The smallest absolute Gasteiger partial charge is 0.0614 e. The third kappa shape index (κ3) is 11.4. The number of pyridine rings is 4. The summed E-state index contributed by atoms with van der Waals surface area (Å²) in [5, 5.41) is 18.9. The van der Waals surface area contributed by atoms with E-state index < -0.39 is 0 Å². The number of hydrogen-bond acceptors (Lipinski definition) is 5. The Morgan fingerprint density at radius 2 is 0.963 bits per heavy atom. The Hall–Kier alpha value is -9.15. The fourth-order valence-corrected chi connectivity index (χ4v) is 17.9. The zero-order chi connectivity index (χ0) is 69.9. The summed E-state index contributed by atoms with van der Waals surface area (Å²) in [6.07, 6.45) is 9.92. The summed E-state index contributed by atoms with van der Waals surface area (Å²) in [5.41, 5.74) is 29.1. The fraction of sp³-hybridized carbons (Fsp3) is 0.194. The monoisotopic (exact) mass is 2100 g/mol. The first-order valence-corrected chi connectivity index (χ1v) is 36.1. The van der Waals surface area contributed by atoms with Gasteiger partial charge in [0.25, 0.3) is 0 Å². The van der Waals surface area contributed by atoms with Crippen molar-refractivity contribution in [2.24, 2.45) is 0 Å². The summed E-state index contributed by atoms with van der Waals surface area (Å²) in [6.45, 7) is 22.6. The summed E-state index contributed by atoms with van der Waals surface area (Å²) >= 11 is 0. The Morgan fingerprint density at radius 1 is 0.421 bits per heavy atom. The molecule has 0 spiro atoms. The van der Waals surface area contributed by atoms with Gasteiger partial charge in [0.05, 0.1) is 22.6 Å². The van der Waals surface area contributed by atoms with Gasteiger partial charge in [0, 0.05) is 167 Å². The maximum Gasteiger partial charge on any atom is 0.0614 e. The Balaban J connectivity index is 0.000000108. The molecule has 0 saturated carbocycles. The van der Waals surface area contributed by atoms with Gasteiger partial charge in [-0.2, -0.15) is 29.4 Å². The first-order valence-electron chi connectivity index (χ1n) is 36.1. The molecule has 14 heteroatoms. The molecule has 2 atom stereocenters. The van der Waals surface area contributed by atoms with Gasteiger partial charge in [0.2, 0.25) is 0 Å². The molecule has 10 nitrogen and oxygen atoms in total. The molecule has 0 N–H and O–H groups in total. The second-order valence-electron chi connectivity index (χ2n) is 29.9. The summed E-state index contributed by atoms with van der Waals surface area (Å²) in [7, 11) is 0. The van der Waals surface area contributed by atoms with E-state index in [2.05, 4.69) is 268 Å². The van der Waals surface area contributed by atoms with Gasteiger partial charge in [-0.15, -0.1) is 125 Å². The zero-order valence-corrected chi connectivity index (χ0v) is 70.6. The number of hydrogen-bond donors (Lipinski definition) is 0. The molecule has 0 fully saturated rings. The van der Waals surface area contributed by atoms with Crippen molar-refractivity contribution < 1.29 is 80.4 Å². The Labute approximate surface area is 676 Å². The van der Waals surface area contributed by atoms with Crippen LogP contribution in [0, 0.1) is 58.0 Å². The van der Waals surface area contributed by atoms with Crippen LogP contribution in [0.3, 0.4) is 0 Å². The number of benzene rings is 10. The molecule has 19 aromatic rings. The maximum atomic E-state index is 4.92. The molecule has 23 rings (SSSR count). The summed E-state index contributed by atoms with van der Waals surface area (Å²) < 4.78 is 11.3. The molecule has 107 heavy (non-hydrogen) atoms. The number of fused-ring (bicyclic) bond motifs is 12. The minimum atomic E-state index is 0. The number of aromatic nitrogens is 10. The van der Waals surface area contributed by atoms with E-state index in [0.717, 1.165) is 92.6 Å². The number of nitrogens with zero attached hydrogens (tertiary/aromatic N) is 10. The molecule has 538 valence electrons. The summed E-state index contributed by atoms with van der Waals surface area (Å²) in [5.74, 6) is 0.995. The first-order chi connectivity index (χ1) is 50.1. The quantitative estimate of drug-likeness (QED) is 0.127. The van der Waals surface area contributed by atoms with Crippen LogP contribution in [-0.2, 0) is 117 Å². The van der Waals surface area contributed by atoms with Crippen LogP contribution in [-0.4, -0.2) is 47.3 Å². The van der Waals surface area contributed by atoms with Crippen LogP contribution in [0.2, 0.25) is 0 Å². The SMILES string of the molecule is CC1(C)Cc2cnc3c4[c-]cccc4c4c(-c5ccccc5)ccc1c4n23.Cc1nc2c3[c-]cccc3c3c(C)ccc4c3n2c1CC4(C)C.Cc1nc2c3[c-]cccc3c3cccc4c3n2c1C(C)C4C.Cc1nc2c3[c-]cccc3c3cccc4c3n2c1CC4.[Ir].[Ir].[Ir].[Ir].[c-]1ccccc1-n1cccn1. The Kier molecular flexibility index (Phi) is 19.3. The maximum absolute atomic E-state index is 4.92. The van der Waals surface area contributed by atoms with Crippen molar-refractivity contribution >= 4 is 109 Å². The van der Waals surface area contributed by atoms with Gasteiger partial charge in [0.15, 0.2) is 0 Å². The van der Waals surface area contributed by atoms with Crippen LogP contribution in [0.5, 0.6) is 0 Å². The minimum Gasteiger partial charge on any atom is -0.337 e. The van der Waals surface area contributed by atoms with Crippen LogP contribution in [0.4, 0.5) is 0 Å². The molecule has 4 radical (unpaired) electrons. The third-order valence-electron chi connectivity index (χ3n) is 22.9. The van der Waals surface area contributed by atoms with Gasteiger partial charge >= 0.3 is 0 Å². The van der Waals surface area contributed by atoms with E-state index in [1.165, 1.54) is 127 Å². The summed E-state index contributed by atoms with van der Waals surface area (Å²) in [4.78, 5) is 19.5. The van der Waals surface area contributed by atoms with Crippen LogP contribution >= 0.6 is 0 Å². The van der Waals surface area contributed by atoms with Crippen molar-refractivity contribution in [1.29, 1.82) is 0 Å². The predicted molar refractivity (Wildman–Crippen MR) is 421 cm³/mol. The van der Waals surface area contributed by atoms with Crippen molar-refractivity contribution in [2.45, 2.75) is 118 Å². The van der Waals surface area contributed by atoms with Crippen LogP contribution in [0.15, 0.2) is 213 Å². The molecule has 0 amide bonds. The number of imidazole rings is 4. The van der Waals surface area contributed by atoms with Crippen molar-refractivity contribution in [3.8, 4) is 16.8 Å². The standard InChI is InChI=1S/C25H19N2.C21H19N2.C20H17N2.C18H13N2.C9H7N2.4Ir/c1-25(2)14-17-15-26-24-20-11-7-6-10-19(20)22-18(16-8-4-3-5-9-16)12-13-21(25)23(22)27(17)24;1-12-9-10-16-19-18(12)14-7-5-6-8-15(14)20-22-13(2)17(23(19)20)11-21(16,3)4;1-11-12(2)18-13(3)21-20-17-8-5-4-7-15(17)16-10-6-9-14(11)19(16)22(18)20;1-11-16-10-9-12-5-4-8-14-13-6-2-3-7-15(13)18(19-11)20(16)17(12)14;1-2-5-9(6-3-1)11-8-4-7-10-11;;;;/h3-10,12-13,15H,14H2,1-2H3;5-7,9-10H,11H2,1-4H3;4-7,9-12H,1-3H3;2-6,8H,9-10H2,1H3;1-5,7-8H;;;;/q5*-1;;;;. The van der Waals surface area contributed by atoms with Crippen LogP contribution in [0.1, 0.15) is 121 Å². The van der Waals surface area contributed by atoms with Crippen molar-refractivity contribution in [2.75, 3.05) is 0 Å². The van der Waals surface area contributed by atoms with Crippen molar-refractivity contribution in [1.82, 2.24) is 47.3 Å². The largest absolute Gasteiger partial charge is 0.337 e. The van der Waals surface area contributed by atoms with E-state index in [0.29, 0.717) is 11.8 Å². The number of para-hydroxylation sites is 3. The average molecular weight is 2100 g/mol. The third-order valence-corrected chi connectivity index (χ3v) is 22.9. The van der Waals surface area contributed by atoms with Gasteiger partial charge < -0.3 is 17.6 Å². The molecular formula is C93H75Ir4N10-5. The average Bonchev–Trinajstić information content (AvgIpc) is 1.70. The molecule has 0 saturated heterocycles. The molecular weight excluding hydrogens is 2030 g/mol. The first kappa shape index (κ1) is 73.4. The predicted octanol–water partition coefficient (Wildman–Crippen LogP) is 21.3. The summed E-state index contributed by atoms with van der Waals surface area (Å²) in [6, 6.07) is 84.7. The van der Waals surface area contributed by atoms with Crippen LogP contribution < -0.4 is 0 Å². The second-order valence-corrected chi connectivity index (χ2v) is 29.9. The Morgan fingerprint density at radius 3 is 1.62 bits per heavy atom. The molecule has 13 heterocycles. The van der Waals surface area contributed by atoms with Crippen molar-refractivity contribution in [3.05, 3.63) is 311 Å². The second kappa shape index (κ2) is 28.1. The van der Waals surface area contributed by atoms with Gasteiger partial charge in [-0.1, -0.05) is 160 Å². The normalized spacial score (nSPS) is 15.1. The van der Waals surface area contributed by atoms with E-state index in [1.54, 1.807) is 10.9 Å². The Bertz CT molecular complexity index is 6720. The van der Waals surface area contributed by atoms with E-state index in [1.807, 2.05) is 60.8 Å². The molecule has 9 aromatic heterocycles. The minimum absolute atomic E-state index is 0. The van der Waals surface area contributed by atoms with Gasteiger partial charge in [-0.3, -0.25) is 24.6 Å². The molecule has 4 aliphatic rings. The van der Waals surface area contributed by atoms with Crippen molar-refractivity contribution in [3.63, 3.8) is 0 Å². The molecule has 0 aliphatic carbocycles. The van der Waals surface area contributed by atoms with E-state index in [-0.39, 0.29) is 91.3 Å². The number of rotatable bonds is 2. The number of aryl methyl sites for hydroxylation is 6. The molecule has 2 unspecified atom stereocenters. The van der Waals surface area contributed by atoms with Gasteiger partial charge in [-0.05, 0) is 137 Å². The van der Waals surface area contributed by atoms with Crippen LogP contribution in [0.25, 0.3) is 126 Å².